The number of hydrogen-bond donors (Lipinski definition) is 2. The predicted molar refractivity (Wildman–Crippen MR) is 67.5 cm³/mol. The van der Waals surface area contributed by atoms with Gasteiger partial charge in [-0.05, 0) is 31.4 Å². The Hall–Kier alpha value is -1.36. The highest BCUT2D eigenvalue weighted by Crippen LogP contribution is 2.20. The van der Waals surface area contributed by atoms with Gasteiger partial charge in [0.2, 0.25) is 0 Å². The topological polar surface area (TPSA) is 66.4 Å². The highest BCUT2D eigenvalue weighted by molar-refractivity contribution is 7.14. The van der Waals surface area contributed by atoms with Crippen LogP contribution in [-0.4, -0.2) is 23.0 Å². The van der Waals surface area contributed by atoms with E-state index < -0.39 is 12.0 Å². The van der Waals surface area contributed by atoms with Crippen LogP contribution in [0.2, 0.25) is 0 Å². The molecule has 1 amide bonds. The van der Waals surface area contributed by atoms with Gasteiger partial charge in [-0.15, -0.1) is 11.3 Å². The van der Waals surface area contributed by atoms with E-state index in [2.05, 4.69) is 5.32 Å². The Morgan fingerprint density at radius 2 is 1.94 bits per heavy atom. The minimum atomic E-state index is -1.00. The second-order valence-corrected chi connectivity index (χ2v) is 5.64. The first-order valence-corrected chi connectivity index (χ1v) is 6.25. The summed E-state index contributed by atoms with van der Waals surface area (Å²) in [5, 5.41) is 11.5. The normalized spacial score (nSPS) is 12.5. The van der Waals surface area contributed by atoms with E-state index >= 15 is 0 Å². The molecule has 0 radical (unpaired) electrons. The van der Waals surface area contributed by atoms with Crippen LogP contribution in [0.5, 0.6) is 0 Å². The van der Waals surface area contributed by atoms with E-state index in [1.165, 1.54) is 11.3 Å². The van der Waals surface area contributed by atoms with Gasteiger partial charge in [-0.3, -0.25) is 4.79 Å². The predicted octanol–water partition coefficient (Wildman–Crippen LogP) is 2.20. The van der Waals surface area contributed by atoms with Crippen LogP contribution in [0.4, 0.5) is 0 Å². The Morgan fingerprint density at radius 3 is 2.29 bits per heavy atom. The van der Waals surface area contributed by atoms with Crippen molar-refractivity contribution in [2.45, 2.75) is 33.7 Å². The summed E-state index contributed by atoms with van der Waals surface area (Å²) in [7, 11) is 0. The summed E-state index contributed by atoms with van der Waals surface area (Å²) in [6, 6.07) is 0.944. The maximum atomic E-state index is 11.9. The van der Waals surface area contributed by atoms with Crippen LogP contribution in [0.3, 0.4) is 0 Å². The molecule has 1 aromatic heterocycles. The number of amides is 1. The lowest BCUT2D eigenvalue weighted by Gasteiger charge is -2.17. The first kappa shape index (κ1) is 13.7. The molecule has 0 aliphatic carbocycles. The molecule has 0 saturated carbocycles. The maximum absolute atomic E-state index is 11.9. The van der Waals surface area contributed by atoms with E-state index in [1.807, 2.05) is 13.8 Å². The number of aliphatic carboxylic acids is 1. The summed E-state index contributed by atoms with van der Waals surface area (Å²) < 4.78 is 0. The maximum Gasteiger partial charge on any atom is 0.326 e. The van der Waals surface area contributed by atoms with Gasteiger partial charge in [-0.25, -0.2) is 4.79 Å². The van der Waals surface area contributed by atoms with Crippen molar-refractivity contribution in [3.8, 4) is 0 Å². The molecule has 17 heavy (non-hydrogen) atoms. The highest BCUT2D eigenvalue weighted by Gasteiger charge is 2.24. The van der Waals surface area contributed by atoms with Gasteiger partial charge < -0.3 is 10.4 Å². The largest absolute Gasteiger partial charge is 0.480 e. The fourth-order valence-electron chi connectivity index (χ4n) is 1.41. The van der Waals surface area contributed by atoms with Gasteiger partial charge in [0.05, 0.1) is 4.88 Å². The molecular weight excluding hydrogens is 238 g/mol. The number of carbonyl (C=O) groups excluding carboxylic acids is 1. The van der Waals surface area contributed by atoms with E-state index in [0.29, 0.717) is 4.88 Å². The fourth-order valence-corrected chi connectivity index (χ4v) is 2.35. The molecule has 94 valence electrons. The minimum absolute atomic E-state index is 0.140. The molecule has 1 aromatic rings. The molecule has 1 heterocycles. The number of thiophene rings is 1. The molecule has 0 aliphatic heterocycles. The summed E-state index contributed by atoms with van der Waals surface area (Å²) in [4.78, 5) is 24.5. The van der Waals surface area contributed by atoms with E-state index in [1.54, 1.807) is 19.9 Å². The smallest absolute Gasteiger partial charge is 0.326 e. The Labute approximate surface area is 105 Å². The van der Waals surface area contributed by atoms with Crippen molar-refractivity contribution in [3.05, 3.63) is 21.4 Å². The van der Waals surface area contributed by atoms with Gasteiger partial charge >= 0.3 is 5.97 Å². The van der Waals surface area contributed by atoms with Crippen molar-refractivity contribution in [3.63, 3.8) is 0 Å². The molecule has 0 saturated heterocycles. The quantitative estimate of drug-likeness (QED) is 0.866. The van der Waals surface area contributed by atoms with E-state index in [4.69, 9.17) is 5.11 Å². The van der Waals surface area contributed by atoms with Crippen molar-refractivity contribution >= 4 is 23.2 Å². The molecule has 0 fully saturated rings. The van der Waals surface area contributed by atoms with Crippen LogP contribution in [0, 0.1) is 19.8 Å². The first-order valence-electron chi connectivity index (χ1n) is 5.43. The SMILES string of the molecule is Cc1cc(C(=O)N[C@@H](C(=O)O)C(C)C)sc1C. The lowest BCUT2D eigenvalue weighted by molar-refractivity contribution is -0.140. The zero-order valence-electron chi connectivity index (χ0n) is 10.4. The van der Waals surface area contributed by atoms with Gasteiger partial charge in [-0.1, -0.05) is 13.8 Å². The van der Waals surface area contributed by atoms with Gasteiger partial charge in [0.15, 0.2) is 0 Å². The van der Waals surface area contributed by atoms with Gasteiger partial charge in [0.1, 0.15) is 6.04 Å². The summed E-state index contributed by atoms with van der Waals surface area (Å²) in [6.45, 7) is 7.40. The number of hydrogen-bond acceptors (Lipinski definition) is 3. The van der Waals surface area contributed by atoms with Crippen molar-refractivity contribution in [2.24, 2.45) is 5.92 Å². The Bertz CT molecular complexity index is 417. The van der Waals surface area contributed by atoms with Crippen LogP contribution < -0.4 is 5.32 Å². The number of nitrogens with one attached hydrogen (secondary N) is 1. The molecule has 1 rings (SSSR count). The minimum Gasteiger partial charge on any atom is -0.480 e. The van der Waals surface area contributed by atoms with Gasteiger partial charge in [0, 0.05) is 4.88 Å². The third-order valence-electron chi connectivity index (χ3n) is 2.61. The number of rotatable bonds is 4. The Balaban J connectivity index is 2.81. The molecule has 0 aromatic carbocycles. The van der Waals surface area contributed by atoms with Crippen molar-refractivity contribution < 1.29 is 14.7 Å². The molecule has 4 nitrogen and oxygen atoms in total. The summed E-state index contributed by atoms with van der Waals surface area (Å²) in [6.07, 6.45) is 0. The standard InChI is InChI=1S/C12H17NO3S/c1-6(2)10(12(15)16)13-11(14)9-5-7(3)8(4)17-9/h5-6,10H,1-4H3,(H,13,14)(H,15,16)/t10-/m1/s1. The third-order valence-corrected chi connectivity index (χ3v) is 3.76. The van der Waals surface area contributed by atoms with Crippen LogP contribution >= 0.6 is 11.3 Å². The fraction of sp³-hybridized carbons (Fsp3) is 0.500. The molecule has 0 bridgehead atoms. The van der Waals surface area contributed by atoms with Crippen molar-refractivity contribution in [1.29, 1.82) is 0 Å². The molecule has 2 N–H and O–H groups in total. The van der Waals surface area contributed by atoms with E-state index in [-0.39, 0.29) is 11.8 Å². The Kier molecular flexibility index (Phi) is 4.28. The molecular formula is C12H17NO3S. The van der Waals surface area contributed by atoms with E-state index in [0.717, 1.165) is 10.4 Å². The number of carboxylic acids is 1. The van der Waals surface area contributed by atoms with E-state index in [9.17, 15) is 9.59 Å². The average molecular weight is 255 g/mol. The average Bonchev–Trinajstić information content (AvgIpc) is 2.54. The lowest BCUT2D eigenvalue weighted by Crippen LogP contribution is -2.44. The number of aryl methyl sites for hydroxylation is 2. The summed E-state index contributed by atoms with van der Waals surface area (Å²) in [5.41, 5.74) is 1.05. The van der Waals surface area contributed by atoms with Crippen LogP contribution in [0.25, 0.3) is 0 Å². The van der Waals surface area contributed by atoms with Gasteiger partial charge in [0.25, 0.3) is 5.91 Å². The molecule has 0 aliphatic rings. The monoisotopic (exact) mass is 255 g/mol. The number of carboxylic acid groups (broad SMARTS) is 1. The zero-order chi connectivity index (χ0) is 13.2. The first-order chi connectivity index (χ1) is 7.82. The van der Waals surface area contributed by atoms with Gasteiger partial charge in [-0.2, -0.15) is 0 Å². The lowest BCUT2D eigenvalue weighted by atomic mass is 10.0. The second-order valence-electron chi connectivity index (χ2n) is 4.38. The summed E-state index contributed by atoms with van der Waals surface area (Å²) in [5.74, 6) is -1.45. The molecule has 0 unspecified atom stereocenters. The number of carbonyl (C=O) groups is 2. The van der Waals surface area contributed by atoms with Crippen LogP contribution in [0.1, 0.15) is 34.0 Å². The Morgan fingerprint density at radius 1 is 1.35 bits per heavy atom. The zero-order valence-corrected chi connectivity index (χ0v) is 11.2. The molecule has 1 atom stereocenters. The van der Waals surface area contributed by atoms with Crippen molar-refractivity contribution in [1.82, 2.24) is 5.32 Å². The highest BCUT2D eigenvalue weighted by atomic mass is 32.1. The van der Waals surface area contributed by atoms with Crippen LogP contribution in [0.15, 0.2) is 6.07 Å². The molecule has 5 heteroatoms. The third kappa shape index (κ3) is 3.30. The van der Waals surface area contributed by atoms with Crippen LogP contribution in [-0.2, 0) is 4.79 Å². The van der Waals surface area contributed by atoms with Crippen molar-refractivity contribution in [2.75, 3.05) is 0 Å². The summed E-state index contributed by atoms with van der Waals surface area (Å²) >= 11 is 1.38. The molecule has 0 spiro atoms. The second kappa shape index (κ2) is 5.31.